The van der Waals surface area contributed by atoms with Crippen molar-refractivity contribution in [2.45, 2.75) is 32.7 Å². The molecule has 1 amide bonds. The van der Waals surface area contributed by atoms with Crippen LogP contribution in [0.3, 0.4) is 0 Å². The fraction of sp³-hybridized carbons (Fsp3) is 0.412. The molecular formula is C17H21ClN4O. The largest absolute Gasteiger partial charge is 0.337 e. The molecule has 0 radical (unpaired) electrons. The van der Waals surface area contributed by atoms with Crippen LogP contribution in [-0.4, -0.2) is 39.7 Å². The van der Waals surface area contributed by atoms with E-state index in [0.29, 0.717) is 17.1 Å². The topological polar surface area (TPSA) is 64.2 Å². The molecule has 23 heavy (non-hydrogen) atoms. The van der Waals surface area contributed by atoms with E-state index in [4.69, 9.17) is 17.3 Å². The van der Waals surface area contributed by atoms with Crippen LogP contribution >= 0.6 is 11.6 Å². The third-order valence-corrected chi connectivity index (χ3v) is 4.85. The standard InChI is InChI=1S/C17H21ClN4O/c1-11-16(18)12(2)22(20-11)15-7-5-13(6-8-15)17(23)21-9-3-4-14(19)10-21/h5-8,14H,3-4,9-10,19H2,1-2H3/t14-/m0/s1. The summed E-state index contributed by atoms with van der Waals surface area (Å²) in [6.07, 6.45) is 1.96. The van der Waals surface area contributed by atoms with Gasteiger partial charge in [0.25, 0.3) is 5.91 Å². The molecule has 2 heterocycles. The van der Waals surface area contributed by atoms with Crippen molar-refractivity contribution < 1.29 is 4.79 Å². The van der Waals surface area contributed by atoms with Gasteiger partial charge in [0, 0.05) is 24.7 Å². The van der Waals surface area contributed by atoms with Crippen LogP contribution in [0.15, 0.2) is 24.3 Å². The summed E-state index contributed by atoms with van der Waals surface area (Å²) < 4.78 is 1.79. The summed E-state index contributed by atoms with van der Waals surface area (Å²) in [7, 11) is 0. The number of rotatable bonds is 2. The van der Waals surface area contributed by atoms with E-state index in [0.717, 1.165) is 36.5 Å². The van der Waals surface area contributed by atoms with E-state index in [2.05, 4.69) is 5.10 Å². The number of carbonyl (C=O) groups is 1. The molecule has 0 spiro atoms. The van der Waals surface area contributed by atoms with E-state index in [1.807, 2.05) is 43.0 Å². The van der Waals surface area contributed by atoms with Crippen LogP contribution in [0.25, 0.3) is 5.69 Å². The van der Waals surface area contributed by atoms with Gasteiger partial charge in [-0.2, -0.15) is 5.10 Å². The zero-order valence-electron chi connectivity index (χ0n) is 13.4. The molecule has 1 aliphatic heterocycles. The molecule has 0 bridgehead atoms. The van der Waals surface area contributed by atoms with Crippen molar-refractivity contribution in [2.75, 3.05) is 13.1 Å². The molecule has 1 atom stereocenters. The zero-order valence-corrected chi connectivity index (χ0v) is 14.2. The first-order chi connectivity index (χ1) is 11.0. The summed E-state index contributed by atoms with van der Waals surface area (Å²) in [4.78, 5) is 14.4. The second kappa shape index (κ2) is 6.34. The minimum absolute atomic E-state index is 0.0399. The van der Waals surface area contributed by atoms with Gasteiger partial charge < -0.3 is 10.6 Å². The number of likely N-dealkylation sites (tertiary alicyclic amines) is 1. The monoisotopic (exact) mass is 332 g/mol. The molecule has 1 aromatic heterocycles. The predicted octanol–water partition coefficient (Wildman–Crippen LogP) is 2.71. The van der Waals surface area contributed by atoms with Gasteiger partial charge in [-0.3, -0.25) is 4.79 Å². The van der Waals surface area contributed by atoms with E-state index in [-0.39, 0.29) is 11.9 Å². The molecule has 1 aromatic carbocycles. The van der Waals surface area contributed by atoms with Crippen LogP contribution in [0.2, 0.25) is 5.02 Å². The van der Waals surface area contributed by atoms with Gasteiger partial charge in [0.15, 0.2) is 0 Å². The molecule has 0 aliphatic carbocycles. The minimum atomic E-state index is 0.0399. The second-order valence-corrected chi connectivity index (χ2v) is 6.47. The highest BCUT2D eigenvalue weighted by Crippen LogP contribution is 2.23. The van der Waals surface area contributed by atoms with Crippen molar-refractivity contribution in [3.8, 4) is 5.69 Å². The number of piperidine rings is 1. The molecule has 0 saturated carbocycles. The number of halogens is 1. The first-order valence-corrected chi connectivity index (χ1v) is 8.22. The summed E-state index contributed by atoms with van der Waals surface area (Å²) in [5.41, 5.74) is 9.22. The fourth-order valence-electron chi connectivity index (χ4n) is 3.00. The Balaban J connectivity index is 1.81. The Hall–Kier alpha value is -1.85. The van der Waals surface area contributed by atoms with Gasteiger partial charge in [0.1, 0.15) is 0 Å². The van der Waals surface area contributed by atoms with Crippen molar-refractivity contribution in [3.05, 3.63) is 46.2 Å². The number of carbonyl (C=O) groups excluding carboxylic acids is 1. The normalized spacial score (nSPS) is 18.3. The third-order valence-electron chi connectivity index (χ3n) is 4.31. The van der Waals surface area contributed by atoms with Gasteiger partial charge in [-0.05, 0) is 51.0 Å². The van der Waals surface area contributed by atoms with Gasteiger partial charge in [-0.1, -0.05) is 11.6 Å². The molecule has 2 N–H and O–H groups in total. The number of benzene rings is 1. The van der Waals surface area contributed by atoms with Gasteiger partial charge in [-0.25, -0.2) is 4.68 Å². The Bertz CT molecular complexity index is 723. The van der Waals surface area contributed by atoms with Crippen LogP contribution in [0.4, 0.5) is 0 Å². The van der Waals surface area contributed by atoms with Gasteiger partial charge in [-0.15, -0.1) is 0 Å². The average Bonchev–Trinajstić information content (AvgIpc) is 2.82. The predicted molar refractivity (Wildman–Crippen MR) is 91.2 cm³/mol. The van der Waals surface area contributed by atoms with Gasteiger partial charge in [0.05, 0.1) is 22.1 Å². The number of aryl methyl sites for hydroxylation is 1. The lowest BCUT2D eigenvalue weighted by atomic mass is 10.1. The highest BCUT2D eigenvalue weighted by atomic mass is 35.5. The van der Waals surface area contributed by atoms with Crippen LogP contribution in [0, 0.1) is 13.8 Å². The highest BCUT2D eigenvalue weighted by Gasteiger charge is 2.22. The molecule has 0 unspecified atom stereocenters. The molecular weight excluding hydrogens is 312 g/mol. The Morgan fingerprint density at radius 2 is 2.00 bits per heavy atom. The van der Waals surface area contributed by atoms with E-state index >= 15 is 0 Å². The maximum atomic E-state index is 12.5. The van der Waals surface area contributed by atoms with Crippen LogP contribution in [0.5, 0.6) is 0 Å². The molecule has 5 nitrogen and oxygen atoms in total. The van der Waals surface area contributed by atoms with E-state index in [1.165, 1.54) is 0 Å². The summed E-state index contributed by atoms with van der Waals surface area (Å²) in [6.45, 7) is 5.22. The lowest BCUT2D eigenvalue weighted by Crippen LogP contribution is -2.45. The number of hydrogen-bond acceptors (Lipinski definition) is 3. The van der Waals surface area contributed by atoms with Crippen molar-refractivity contribution in [2.24, 2.45) is 5.73 Å². The molecule has 2 aromatic rings. The number of aromatic nitrogens is 2. The minimum Gasteiger partial charge on any atom is -0.337 e. The number of amides is 1. The van der Waals surface area contributed by atoms with Crippen molar-refractivity contribution >= 4 is 17.5 Å². The zero-order chi connectivity index (χ0) is 16.6. The molecule has 3 rings (SSSR count). The Labute approximate surface area is 141 Å². The molecule has 1 saturated heterocycles. The maximum absolute atomic E-state index is 12.5. The number of hydrogen-bond donors (Lipinski definition) is 1. The maximum Gasteiger partial charge on any atom is 0.253 e. The lowest BCUT2D eigenvalue weighted by molar-refractivity contribution is 0.0709. The number of nitrogens with zero attached hydrogens (tertiary/aromatic N) is 3. The smallest absolute Gasteiger partial charge is 0.253 e. The van der Waals surface area contributed by atoms with E-state index < -0.39 is 0 Å². The summed E-state index contributed by atoms with van der Waals surface area (Å²) in [5, 5.41) is 5.10. The second-order valence-electron chi connectivity index (χ2n) is 6.10. The quantitative estimate of drug-likeness (QED) is 0.919. The Kier molecular flexibility index (Phi) is 4.41. The van der Waals surface area contributed by atoms with Crippen LogP contribution in [-0.2, 0) is 0 Å². The molecule has 1 fully saturated rings. The van der Waals surface area contributed by atoms with Crippen molar-refractivity contribution in [1.82, 2.24) is 14.7 Å². The first kappa shape index (κ1) is 16.0. The van der Waals surface area contributed by atoms with Crippen LogP contribution in [0.1, 0.15) is 34.6 Å². The highest BCUT2D eigenvalue weighted by molar-refractivity contribution is 6.31. The first-order valence-electron chi connectivity index (χ1n) is 7.84. The average molecular weight is 333 g/mol. The van der Waals surface area contributed by atoms with Gasteiger partial charge in [0.2, 0.25) is 0 Å². The fourth-order valence-corrected chi connectivity index (χ4v) is 3.12. The SMILES string of the molecule is Cc1nn(-c2ccc(C(=O)N3CCC[C@H](N)C3)cc2)c(C)c1Cl. The van der Waals surface area contributed by atoms with Crippen molar-refractivity contribution in [1.29, 1.82) is 0 Å². The summed E-state index contributed by atoms with van der Waals surface area (Å²) in [6, 6.07) is 7.55. The molecule has 6 heteroatoms. The van der Waals surface area contributed by atoms with Crippen LogP contribution < -0.4 is 5.73 Å². The Morgan fingerprint density at radius 1 is 1.30 bits per heavy atom. The van der Waals surface area contributed by atoms with E-state index in [9.17, 15) is 4.79 Å². The molecule has 1 aliphatic rings. The summed E-state index contributed by atoms with van der Waals surface area (Å²) in [5.74, 6) is 0.0399. The molecule has 122 valence electrons. The third kappa shape index (κ3) is 3.12. The van der Waals surface area contributed by atoms with E-state index in [1.54, 1.807) is 4.68 Å². The lowest BCUT2D eigenvalue weighted by Gasteiger charge is -2.30. The summed E-state index contributed by atoms with van der Waals surface area (Å²) >= 11 is 6.19. The Morgan fingerprint density at radius 3 is 2.57 bits per heavy atom. The van der Waals surface area contributed by atoms with Crippen molar-refractivity contribution in [3.63, 3.8) is 0 Å². The number of nitrogens with two attached hydrogens (primary N) is 1. The van der Waals surface area contributed by atoms with Gasteiger partial charge >= 0.3 is 0 Å².